The minimum Gasteiger partial charge on any atom is -0.481 e. The molecule has 1 aromatic rings. The largest absolute Gasteiger partial charge is 0.481 e. The van der Waals surface area contributed by atoms with E-state index in [1.807, 2.05) is 0 Å². The molecule has 3 heteroatoms. The first kappa shape index (κ1) is 13.6. The lowest BCUT2D eigenvalue weighted by molar-refractivity contribution is -0.137. The maximum Gasteiger partial charge on any atom is 0.303 e. The third kappa shape index (κ3) is 3.77. The van der Waals surface area contributed by atoms with Crippen LogP contribution in [0.4, 0.5) is 5.69 Å². The number of aliphatic carboxylic acids is 1. The van der Waals surface area contributed by atoms with Crippen molar-refractivity contribution >= 4 is 11.7 Å². The molecule has 1 N–H and O–H groups in total. The third-order valence-electron chi connectivity index (χ3n) is 2.96. The van der Waals surface area contributed by atoms with Crippen LogP contribution in [0.3, 0.4) is 0 Å². The van der Waals surface area contributed by atoms with Crippen LogP contribution in [-0.4, -0.2) is 24.2 Å². The van der Waals surface area contributed by atoms with Crippen molar-refractivity contribution < 1.29 is 9.90 Å². The first-order chi connectivity index (χ1) is 8.06. The second-order valence-electron chi connectivity index (χ2n) is 4.32. The van der Waals surface area contributed by atoms with Gasteiger partial charge in [0.05, 0.1) is 0 Å². The van der Waals surface area contributed by atoms with E-state index in [1.54, 1.807) is 0 Å². The maximum absolute atomic E-state index is 10.5. The molecule has 17 heavy (non-hydrogen) atoms. The van der Waals surface area contributed by atoms with Gasteiger partial charge >= 0.3 is 5.97 Å². The first-order valence-electron chi connectivity index (χ1n) is 6.09. The van der Waals surface area contributed by atoms with Gasteiger partial charge in [-0.2, -0.15) is 0 Å². The Hall–Kier alpha value is -1.51. The zero-order chi connectivity index (χ0) is 12.8. The van der Waals surface area contributed by atoms with Gasteiger partial charge in [-0.05, 0) is 38.3 Å². The van der Waals surface area contributed by atoms with Gasteiger partial charge in [0.1, 0.15) is 0 Å². The lowest BCUT2D eigenvalue weighted by atomic mass is 10.1. The van der Waals surface area contributed by atoms with Gasteiger partial charge in [0.2, 0.25) is 0 Å². The number of anilines is 1. The highest BCUT2D eigenvalue weighted by Gasteiger charge is 2.10. The number of hydrogen-bond acceptors (Lipinski definition) is 2. The Labute approximate surface area is 103 Å². The van der Waals surface area contributed by atoms with Crippen molar-refractivity contribution in [2.75, 3.05) is 18.0 Å². The van der Waals surface area contributed by atoms with E-state index in [9.17, 15) is 4.79 Å². The smallest absolute Gasteiger partial charge is 0.303 e. The summed E-state index contributed by atoms with van der Waals surface area (Å²) in [6.07, 6.45) is 0.929. The van der Waals surface area contributed by atoms with Crippen LogP contribution in [0.15, 0.2) is 18.2 Å². The van der Waals surface area contributed by atoms with E-state index in [2.05, 4.69) is 43.9 Å². The molecule has 0 aliphatic carbocycles. The van der Waals surface area contributed by atoms with Crippen molar-refractivity contribution in [1.29, 1.82) is 0 Å². The number of carboxylic acid groups (broad SMARTS) is 1. The van der Waals surface area contributed by atoms with Crippen LogP contribution < -0.4 is 4.90 Å². The molecule has 0 saturated carbocycles. The molecule has 0 spiro atoms. The Morgan fingerprint density at radius 2 is 1.88 bits per heavy atom. The number of rotatable bonds is 6. The summed E-state index contributed by atoms with van der Waals surface area (Å²) in [5, 5.41) is 8.66. The molecule has 0 saturated heterocycles. The van der Waals surface area contributed by atoms with Gasteiger partial charge in [-0.1, -0.05) is 18.2 Å². The highest BCUT2D eigenvalue weighted by molar-refractivity contribution is 5.66. The molecule has 1 rings (SSSR count). The Kier molecular flexibility index (Phi) is 5.01. The average Bonchev–Trinajstić information content (AvgIpc) is 2.26. The van der Waals surface area contributed by atoms with Gasteiger partial charge in [-0.25, -0.2) is 0 Å². The first-order valence-corrected chi connectivity index (χ1v) is 6.09. The zero-order valence-corrected chi connectivity index (χ0v) is 10.9. The van der Waals surface area contributed by atoms with Gasteiger partial charge in [-0.3, -0.25) is 4.79 Å². The van der Waals surface area contributed by atoms with E-state index in [0.717, 1.165) is 13.1 Å². The summed E-state index contributed by atoms with van der Waals surface area (Å²) in [7, 11) is 0. The van der Waals surface area contributed by atoms with Crippen LogP contribution in [0.25, 0.3) is 0 Å². The second-order valence-corrected chi connectivity index (χ2v) is 4.32. The molecule has 0 aliphatic rings. The number of nitrogens with zero attached hydrogens (tertiary/aromatic N) is 1. The molecule has 0 bridgehead atoms. The van der Waals surface area contributed by atoms with Crippen molar-refractivity contribution in [1.82, 2.24) is 0 Å². The van der Waals surface area contributed by atoms with E-state index in [-0.39, 0.29) is 6.42 Å². The Balaban J connectivity index is 2.76. The number of para-hydroxylation sites is 1. The summed E-state index contributed by atoms with van der Waals surface area (Å²) < 4.78 is 0. The number of aryl methyl sites for hydroxylation is 2. The monoisotopic (exact) mass is 235 g/mol. The fourth-order valence-corrected chi connectivity index (χ4v) is 2.15. The molecule has 0 fully saturated rings. The molecular formula is C14H21NO2. The van der Waals surface area contributed by atoms with Crippen molar-refractivity contribution in [3.05, 3.63) is 29.3 Å². The maximum atomic E-state index is 10.5. The van der Waals surface area contributed by atoms with E-state index in [1.165, 1.54) is 16.8 Å². The molecule has 3 nitrogen and oxygen atoms in total. The van der Waals surface area contributed by atoms with Gasteiger partial charge in [0.25, 0.3) is 0 Å². The Morgan fingerprint density at radius 3 is 2.35 bits per heavy atom. The molecular weight excluding hydrogens is 214 g/mol. The summed E-state index contributed by atoms with van der Waals surface area (Å²) in [5.41, 5.74) is 3.75. The zero-order valence-electron chi connectivity index (χ0n) is 10.9. The number of carboxylic acids is 1. The van der Waals surface area contributed by atoms with Crippen molar-refractivity contribution in [3.63, 3.8) is 0 Å². The van der Waals surface area contributed by atoms with Crippen LogP contribution in [-0.2, 0) is 4.79 Å². The molecule has 0 unspecified atom stereocenters. The molecule has 0 heterocycles. The van der Waals surface area contributed by atoms with Crippen molar-refractivity contribution in [2.45, 2.75) is 33.6 Å². The molecule has 0 aliphatic heterocycles. The van der Waals surface area contributed by atoms with Gasteiger partial charge in [-0.15, -0.1) is 0 Å². The molecule has 1 aromatic carbocycles. The second kappa shape index (κ2) is 6.28. The molecule has 0 atom stereocenters. The number of benzene rings is 1. The van der Waals surface area contributed by atoms with Crippen LogP contribution in [0.2, 0.25) is 0 Å². The minimum absolute atomic E-state index is 0.238. The standard InChI is InChI=1S/C14H21NO2/c1-4-15(10-6-9-13(16)17)14-11(2)7-5-8-12(14)3/h5,7-8H,4,6,9-10H2,1-3H3,(H,16,17). The fourth-order valence-electron chi connectivity index (χ4n) is 2.15. The molecule has 94 valence electrons. The van der Waals surface area contributed by atoms with E-state index in [4.69, 9.17) is 5.11 Å². The number of carbonyl (C=O) groups is 1. The van der Waals surface area contributed by atoms with Crippen LogP contribution in [0.5, 0.6) is 0 Å². The molecule has 0 amide bonds. The predicted octanol–water partition coefficient (Wildman–Crippen LogP) is 2.99. The van der Waals surface area contributed by atoms with E-state index < -0.39 is 5.97 Å². The summed E-state index contributed by atoms with van der Waals surface area (Å²) >= 11 is 0. The normalized spacial score (nSPS) is 10.3. The lowest BCUT2D eigenvalue weighted by Gasteiger charge is -2.26. The topological polar surface area (TPSA) is 40.5 Å². The quantitative estimate of drug-likeness (QED) is 0.824. The van der Waals surface area contributed by atoms with E-state index >= 15 is 0 Å². The van der Waals surface area contributed by atoms with Gasteiger partial charge in [0, 0.05) is 25.2 Å². The van der Waals surface area contributed by atoms with E-state index in [0.29, 0.717) is 6.42 Å². The van der Waals surface area contributed by atoms with Crippen LogP contribution in [0, 0.1) is 13.8 Å². The predicted molar refractivity (Wildman–Crippen MR) is 70.7 cm³/mol. The number of hydrogen-bond donors (Lipinski definition) is 1. The highest BCUT2D eigenvalue weighted by Crippen LogP contribution is 2.24. The van der Waals surface area contributed by atoms with Crippen LogP contribution in [0.1, 0.15) is 30.9 Å². The summed E-state index contributed by atoms with van der Waals surface area (Å²) in [4.78, 5) is 12.8. The Morgan fingerprint density at radius 1 is 1.29 bits per heavy atom. The summed E-state index contributed by atoms with van der Waals surface area (Å²) in [6.45, 7) is 8.01. The summed E-state index contributed by atoms with van der Waals surface area (Å²) in [6, 6.07) is 6.25. The van der Waals surface area contributed by atoms with Gasteiger partial charge in [0.15, 0.2) is 0 Å². The average molecular weight is 235 g/mol. The third-order valence-corrected chi connectivity index (χ3v) is 2.96. The fraction of sp³-hybridized carbons (Fsp3) is 0.500. The van der Waals surface area contributed by atoms with Crippen molar-refractivity contribution in [3.8, 4) is 0 Å². The molecule has 0 radical (unpaired) electrons. The SMILES string of the molecule is CCN(CCCC(=O)O)c1c(C)cccc1C. The Bertz CT molecular complexity index is 368. The van der Waals surface area contributed by atoms with Crippen molar-refractivity contribution in [2.24, 2.45) is 0 Å². The van der Waals surface area contributed by atoms with Gasteiger partial charge < -0.3 is 10.0 Å². The summed E-state index contributed by atoms with van der Waals surface area (Å²) in [5.74, 6) is -0.720. The lowest BCUT2D eigenvalue weighted by Crippen LogP contribution is -2.26. The molecule has 0 aromatic heterocycles. The minimum atomic E-state index is -0.720. The highest BCUT2D eigenvalue weighted by atomic mass is 16.4. The van der Waals surface area contributed by atoms with Crippen LogP contribution >= 0.6 is 0 Å².